The maximum absolute atomic E-state index is 12.5. The third-order valence-electron chi connectivity index (χ3n) is 6.08. The summed E-state index contributed by atoms with van der Waals surface area (Å²) < 4.78 is 7.28. The van der Waals surface area contributed by atoms with Crippen LogP contribution in [0.15, 0.2) is 30.5 Å². The van der Waals surface area contributed by atoms with Gasteiger partial charge in [-0.2, -0.15) is 0 Å². The van der Waals surface area contributed by atoms with Crippen molar-refractivity contribution in [3.8, 4) is 5.75 Å². The van der Waals surface area contributed by atoms with Crippen LogP contribution >= 0.6 is 0 Å². The maximum Gasteiger partial charge on any atom is 0.239 e. The molecular formula is C21H29N3O2. The summed E-state index contributed by atoms with van der Waals surface area (Å²) in [5.41, 5.74) is 1.07. The second-order valence-electron chi connectivity index (χ2n) is 7.67. The van der Waals surface area contributed by atoms with Crippen molar-refractivity contribution in [3.63, 3.8) is 0 Å². The van der Waals surface area contributed by atoms with E-state index < -0.39 is 0 Å². The molecule has 2 fully saturated rings. The summed E-state index contributed by atoms with van der Waals surface area (Å²) >= 11 is 0. The Bertz CT molecular complexity index is 768. The highest BCUT2D eigenvalue weighted by atomic mass is 16.5. The average molecular weight is 355 g/mol. The van der Waals surface area contributed by atoms with Crippen LogP contribution in [0.3, 0.4) is 0 Å². The first-order valence-corrected chi connectivity index (χ1v) is 9.88. The summed E-state index contributed by atoms with van der Waals surface area (Å²) in [6.45, 7) is 3.67. The van der Waals surface area contributed by atoms with Gasteiger partial charge < -0.3 is 19.5 Å². The van der Waals surface area contributed by atoms with Gasteiger partial charge in [-0.25, -0.2) is 0 Å². The molecule has 2 unspecified atom stereocenters. The summed E-state index contributed by atoms with van der Waals surface area (Å²) in [5, 5.41) is 4.30. The van der Waals surface area contributed by atoms with Crippen LogP contribution in [0.25, 0.3) is 10.9 Å². The normalized spacial score (nSPS) is 23.6. The molecule has 0 radical (unpaired) electrons. The molecule has 140 valence electrons. The fraction of sp³-hybridized carbons (Fsp3) is 0.571. The van der Waals surface area contributed by atoms with E-state index in [-0.39, 0.29) is 5.91 Å². The van der Waals surface area contributed by atoms with Gasteiger partial charge in [0, 0.05) is 29.7 Å². The first-order valence-electron chi connectivity index (χ1n) is 9.88. The second-order valence-corrected chi connectivity index (χ2v) is 7.67. The highest BCUT2D eigenvalue weighted by molar-refractivity contribution is 5.84. The zero-order valence-corrected chi connectivity index (χ0v) is 15.6. The van der Waals surface area contributed by atoms with Crippen LogP contribution in [0, 0.1) is 5.92 Å². The lowest BCUT2D eigenvalue weighted by Gasteiger charge is -2.44. The SMILES string of the molecule is COc1ccc2c(ccn2CC(=O)NCC2CCCN3CCCCC23)c1. The minimum atomic E-state index is 0.103. The fourth-order valence-electron chi connectivity index (χ4n) is 4.71. The Balaban J connectivity index is 1.35. The average Bonchev–Trinajstić information content (AvgIpc) is 3.08. The lowest BCUT2D eigenvalue weighted by molar-refractivity contribution is -0.122. The molecule has 1 N–H and O–H groups in total. The number of nitrogens with zero attached hydrogens (tertiary/aromatic N) is 2. The summed E-state index contributed by atoms with van der Waals surface area (Å²) in [7, 11) is 1.67. The Hall–Kier alpha value is -2.01. The number of carbonyl (C=O) groups excluding carboxylic acids is 1. The van der Waals surface area contributed by atoms with Gasteiger partial charge in [0.15, 0.2) is 0 Å². The molecule has 2 aliphatic rings. The van der Waals surface area contributed by atoms with Crippen LogP contribution in [-0.2, 0) is 11.3 Å². The molecule has 1 amide bonds. The number of aromatic nitrogens is 1. The molecule has 0 aliphatic carbocycles. The lowest BCUT2D eigenvalue weighted by Crippen LogP contribution is -2.51. The van der Waals surface area contributed by atoms with E-state index in [0.717, 1.165) is 23.2 Å². The largest absolute Gasteiger partial charge is 0.497 e. The minimum absolute atomic E-state index is 0.103. The van der Waals surface area contributed by atoms with Crippen LogP contribution in [0.1, 0.15) is 32.1 Å². The van der Waals surface area contributed by atoms with E-state index in [2.05, 4.69) is 10.2 Å². The number of hydrogen-bond acceptors (Lipinski definition) is 3. The van der Waals surface area contributed by atoms with Gasteiger partial charge in [-0.1, -0.05) is 6.42 Å². The highest BCUT2D eigenvalue weighted by Crippen LogP contribution is 2.30. The number of benzene rings is 1. The lowest BCUT2D eigenvalue weighted by atomic mass is 9.83. The topological polar surface area (TPSA) is 46.5 Å². The van der Waals surface area contributed by atoms with Crippen LogP contribution in [0.5, 0.6) is 5.75 Å². The summed E-state index contributed by atoms with van der Waals surface area (Å²) in [6, 6.07) is 8.67. The molecule has 2 atom stereocenters. The van der Waals surface area contributed by atoms with Crippen molar-refractivity contribution in [2.24, 2.45) is 5.92 Å². The second kappa shape index (κ2) is 7.70. The standard InChI is InChI=1S/C21H29N3O2/c1-26-18-7-8-20-16(13-18)9-12-24(20)15-21(25)22-14-17-5-4-11-23-10-3-2-6-19(17)23/h7-9,12-13,17,19H,2-6,10-11,14-15H2,1H3,(H,22,25). The van der Waals surface area contributed by atoms with Crippen molar-refractivity contribution < 1.29 is 9.53 Å². The Morgan fingerprint density at radius 3 is 2.96 bits per heavy atom. The molecule has 5 nitrogen and oxygen atoms in total. The Morgan fingerprint density at radius 2 is 2.08 bits per heavy atom. The molecule has 5 heteroatoms. The number of methoxy groups -OCH3 is 1. The van der Waals surface area contributed by atoms with E-state index in [1.165, 1.54) is 45.2 Å². The van der Waals surface area contributed by atoms with Gasteiger partial charge in [0.05, 0.1) is 7.11 Å². The smallest absolute Gasteiger partial charge is 0.239 e. The number of hydrogen-bond donors (Lipinski definition) is 1. The summed E-state index contributed by atoms with van der Waals surface area (Å²) in [6.07, 6.45) is 8.46. The van der Waals surface area contributed by atoms with Gasteiger partial charge in [0.2, 0.25) is 5.91 Å². The molecule has 1 aromatic carbocycles. The fourth-order valence-corrected chi connectivity index (χ4v) is 4.71. The molecule has 2 saturated heterocycles. The molecule has 26 heavy (non-hydrogen) atoms. The van der Waals surface area contributed by atoms with Crippen molar-refractivity contribution in [3.05, 3.63) is 30.5 Å². The number of piperidine rings is 2. The van der Waals surface area contributed by atoms with Gasteiger partial charge in [-0.3, -0.25) is 4.79 Å². The third-order valence-corrected chi connectivity index (χ3v) is 6.08. The molecule has 2 aromatic rings. The molecule has 0 bridgehead atoms. The van der Waals surface area contributed by atoms with Crippen molar-refractivity contribution in [1.82, 2.24) is 14.8 Å². The molecule has 0 spiro atoms. The van der Waals surface area contributed by atoms with E-state index in [9.17, 15) is 4.79 Å². The van der Waals surface area contributed by atoms with Gasteiger partial charge >= 0.3 is 0 Å². The van der Waals surface area contributed by atoms with Crippen LogP contribution < -0.4 is 10.1 Å². The van der Waals surface area contributed by atoms with Crippen LogP contribution in [0.2, 0.25) is 0 Å². The van der Waals surface area contributed by atoms with Crippen molar-refractivity contribution in [2.75, 3.05) is 26.7 Å². The Morgan fingerprint density at radius 1 is 1.19 bits per heavy atom. The minimum Gasteiger partial charge on any atom is -0.497 e. The van der Waals surface area contributed by atoms with Crippen LogP contribution in [0.4, 0.5) is 0 Å². The van der Waals surface area contributed by atoms with E-state index in [4.69, 9.17) is 4.74 Å². The van der Waals surface area contributed by atoms with Gasteiger partial charge in [0.25, 0.3) is 0 Å². The summed E-state index contributed by atoms with van der Waals surface area (Å²) in [4.78, 5) is 15.2. The predicted octanol–water partition coefficient (Wildman–Crippen LogP) is 3.03. The van der Waals surface area contributed by atoms with Crippen molar-refractivity contribution in [2.45, 2.75) is 44.7 Å². The number of nitrogens with one attached hydrogen (secondary N) is 1. The quantitative estimate of drug-likeness (QED) is 0.897. The monoisotopic (exact) mass is 355 g/mol. The van der Waals surface area contributed by atoms with Crippen molar-refractivity contribution >= 4 is 16.8 Å². The van der Waals surface area contributed by atoms with Crippen LogP contribution in [-0.4, -0.2) is 48.2 Å². The zero-order chi connectivity index (χ0) is 17.9. The number of carbonyl (C=O) groups is 1. The molecule has 4 rings (SSSR count). The molecule has 1 aromatic heterocycles. The van der Waals surface area contributed by atoms with Gasteiger partial charge in [0.1, 0.15) is 12.3 Å². The third kappa shape index (κ3) is 3.58. The number of rotatable bonds is 5. The van der Waals surface area contributed by atoms with Crippen molar-refractivity contribution in [1.29, 1.82) is 0 Å². The maximum atomic E-state index is 12.5. The van der Waals surface area contributed by atoms with E-state index in [1.54, 1.807) is 7.11 Å². The first kappa shape index (κ1) is 17.4. The molecule has 3 heterocycles. The molecule has 2 aliphatic heterocycles. The van der Waals surface area contributed by atoms with E-state index in [0.29, 0.717) is 18.5 Å². The summed E-state index contributed by atoms with van der Waals surface area (Å²) in [5.74, 6) is 1.55. The molecule has 0 saturated carbocycles. The van der Waals surface area contributed by atoms with Gasteiger partial charge in [-0.05, 0) is 69.0 Å². The number of fused-ring (bicyclic) bond motifs is 2. The Kier molecular flexibility index (Phi) is 5.16. The highest BCUT2D eigenvalue weighted by Gasteiger charge is 2.32. The number of amides is 1. The Labute approximate surface area is 155 Å². The first-order chi connectivity index (χ1) is 12.7. The van der Waals surface area contributed by atoms with Gasteiger partial charge in [-0.15, -0.1) is 0 Å². The van der Waals surface area contributed by atoms with E-state index >= 15 is 0 Å². The number of ether oxygens (including phenoxy) is 1. The predicted molar refractivity (Wildman–Crippen MR) is 103 cm³/mol. The zero-order valence-electron chi connectivity index (χ0n) is 15.6. The van der Waals surface area contributed by atoms with E-state index in [1.807, 2.05) is 35.0 Å². The molecular weight excluding hydrogens is 326 g/mol.